The summed E-state index contributed by atoms with van der Waals surface area (Å²) in [4.78, 5) is 8.65. The third-order valence-electron chi connectivity index (χ3n) is 6.74. The second kappa shape index (κ2) is 6.69. The Morgan fingerprint density at radius 3 is 2.54 bits per heavy atom. The smallest absolute Gasteiger partial charge is 0.133 e. The number of pyridine rings is 2. The van der Waals surface area contributed by atoms with Crippen molar-refractivity contribution in [2.45, 2.75) is 50.0 Å². The normalized spacial score (nSPS) is 34.2. The van der Waals surface area contributed by atoms with Crippen LogP contribution in [-0.4, -0.2) is 31.8 Å². The largest absolute Gasteiger partial charge is 0.390 e. The number of anilines is 3. The van der Waals surface area contributed by atoms with E-state index in [4.69, 9.17) is 5.73 Å². The molecule has 4 saturated carbocycles. The Hall–Kier alpha value is -2.22. The van der Waals surface area contributed by atoms with Crippen LogP contribution in [0.3, 0.4) is 0 Å². The van der Waals surface area contributed by atoms with E-state index in [9.17, 15) is 10.2 Å². The minimum absolute atomic E-state index is 0.291. The second-order valence-corrected chi connectivity index (χ2v) is 8.81. The average molecular weight is 381 g/mol. The first-order valence-corrected chi connectivity index (χ1v) is 10.1. The number of aromatic nitrogens is 2. The number of nitrogens with zero attached hydrogens (tertiary/aromatic N) is 2. The number of hydrogen-bond donors (Lipinski definition) is 5. The van der Waals surface area contributed by atoms with Crippen LogP contribution in [0.1, 0.15) is 43.9 Å². The van der Waals surface area contributed by atoms with Crippen molar-refractivity contribution in [1.29, 1.82) is 0 Å². The fraction of sp³-hybridized carbons (Fsp3) is 0.524. The van der Waals surface area contributed by atoms with E-state index in [1.165, 1.54) is 12.8 Å². The molecule has 0 aliphatic heterocycles. The third kappa shape index (κ3) is 3.23. The number of rotatable bonds is 5. The first kappa shape index (κ1) is 17.8. The van der Waals surface area contributed by atoms with Crippen molar-refractivity contribution >= 4 is 17.3 Å². The third-order valence-corrected chi connectivity index (χ3v) is 6.74. The summed E-state index contributed by atoms with van der Waals surface area (Å²) in [6, 6.07) is 7.82. The van der Waals surface area contributed by atoms with E-state index in [0.29, 0.717) is 41.0 Å². The zero-order valence-corrected chi connectivity index (χ0v) is 15.8. The highest BCUT2D eigenvalue weighted by Gasteiger charge is 2.54. The summed E-state index contributed by atoms with van der Waals surface area (Å²) in [6.07, 6.45) is 7.26. The molecule has 2 aromatic heterocycles. The molecular weight excluding hydrogens is 354 g/mol. The molecule has 0 radical (unpaired) electrons. The lowest BCUT2D eigenvalue weighted by Gasteiger charge is -2.58. The molecule has 4 fully saturated rings. The molecule has 7 heteroatoms. The molecule has 2 aromatic rings. The van der Waals surface area contributed by atoms with E-state index in [1.54, 1.807) is 12.4 Å². The van der Waals surface area contributed by atoms with E-state index in [0.717, 1.165) is 24.9 Å². The van der Waals surface area contributed by atoms with Gasteiger partial charge in [0.25, 0.3) is 0 Å². The number of aliphatic hydroxyl groups is 2. The van der Waals surface area contributed by atoms with Gasteiger partial charge in [0, 0.05) is 35.8 Å². The maximum atomic E-state index is 10.8. The van der Waals surface area contributed by atoms with E-state index in [2.05, 4.69) is 20.6 Å². The van der Waals surface area contributed by atoms with Crippen LogP contribution in [0.4, 0.5) is 17.3 Å². The molecule has 6 rings (SSSR count). The van der Waals surface area contributed by atoms with Crippen LogP contribution in [0.2, 0.25) is 0 Å². The second-order valence-electron chi connectivity index (χ2n) is 8.81. The fourth-order valence-electron chi connectivity index (χ4n) is 5.86. The van der Waals surface area contributed by atoms with Crippen molar-refractivity contribution < 1.29 is 10.2 Å². The molecule has 2 heterocycles. The standard InChI is InChI=1S/C21H27N5O2/c22-20(27)15-11-24-18(26-17-3-1-2-4-23-17)7-16(15)25-19-13-5-12-6-14(19)10-21(28,8-12)9-13/h1-4,7,11-14,19-20,27-28H,5-6,8-10,22H2,(H2,23,24,25,26)/t12?,13-,14+,19?,20?,21?. The summed E-state index contributed by atoms with van der Waals surface area (Å²) in [5.41, 5.74) is 6.71. The zero-order chi connectivity index (χ0) is 19.3. The van der Waals surface area contributed by atoms with Crippen LogP contribution in [0.5, 0.6) is 0 Å². The van der Waals surface area contributed by atoms with Crippen molar-refractivity contribution in [3.8, 4) is 0 Å². The van der Waals surface area contributed by atoms with Crippen molar-refractivity contribution in [3.05, 3.63) is 42.2 Å². The average Bonchev–Trinajstić information content (AvgIpc) is 2.64. The molecule has 4 unspecified atom stereocenters. The Morgan fingerprint density at radius 1 is 1.11 bits per heavy atom. The highest BCUT2D eigenvalue weighted by atomic mass is 16.3. The molecule has 4 bridgehead atoms. The predicted molar refractivity (Wildman–Crippen MR) is 107 cm³/mol. The summed E-state index contributed by atoms with van der Waals surface area (Å²) >= 11 is 0. The van der Waals surface area contributed by atoms with E-state index in [-0.39, 0.29) is 0 Å². The van der Waals surface area contributed by atoms with E-state index >= 15 is 0 Å². The van der Waals surface area contributed by atoms with Gasteiger partial charge < -0.3 is 26.6 Å². The Kier molecular flexibility index (Phi) is 4.26. The van der Waals surface area contributed by atoms with Crippen LogP contribution in [-0.2, 0) is 0 Å². The molecule has 0 spiro atoms. The van der Waals surface area contributed by atoms with Crippen molar-refractivity contribution in [1.82, 2.24) is 9.97 Å². The monoisotopic (exact) mass is 381 g/mol. The quantitative estimate of drug-likeness (QED) is 0.505. The Morgan fingerprint density at radius 2 is 1.89 bits per heavy atom. The van der Waals surface area contributed by atoms with Crippen LogP contribution in [0.15, 0.2) is 36.7 Å². The first-order chi connectivity index (χ1) is 13.5. The summed E-state index contributed by atoms with van der Waals surface area (Å²) in [5, 5.41) is 27.7. The molecule has 148 valence electrons. The lowest BCUT2D eigenvalue weighted by atomic mass is 9.52. The molecule has 4 aliphatic carbocycles. The Balaban J connectivity index is 1.41. The van der Waals surface area contributed by atoms with Gasteiger partial charge >= 0.3 is 0 Å². The zero-order valence-electron chi connectivity index (χ0n) is 15.8. The summed E-state index contributed by atoms with van der Waals surface area (Å²) in [6.45, 7) is 0. The highest BCUT2D eigenvalue weighted by Crippen LogP contribution is 2.56. The van der Waals surface area contributed by atoms with Gasteiger partial charge in [0.15, 0.2) is 0 Å². The number of nitrogens with one attached hydrogen (secondary N) is 2. The van der Waals surface area contributed by atoms with Crippen molar-refractivity contribution in [3.63, 3.8) is 0 Å². The molecule has 0 saturated heterocycles. The van der Waals surface area contributed by atoms with E-state index in [1.807, 2.05) is 24.3 Å². The predicted octanol–water partition coefficient (Wildman–Crippen LogP) is 2.52. The van der Waals surface area contributed by atoms with Gasteiger partial charge in [-0.2, -0.15) is 0 Å². The molecule has 28 heavy (non-hydrogen) atoms. The van der Waals surface area contributed by atoms with Gasteiger partial charge in [-0.15, -0.1) is 0 Å². The molecule has 0 aromatic carbocycles. The van der Waals surface area contributed by atoms with Crippen LogP contribution < -0.4 is 16.4 Å². The van der Waals surface area contributed by atoms with Gasteiger partial charge in [-0.1, -0.05) is 6.07 Å². The van der Waals surface area contributed by atoms with Crippen LogP contribution in [0, 0.1) is 17.8 Å². The SMILES string of the molecule is NC(O)c1cnc(Nc2ccccn2)cc1NC1[C@@H]2CC3C[C@H]1CC(O)(C3)C2. The van der Waals surface area contributed by atoms with Crippen LogP contribution >= 0.6 is 0 Å². The van der Waals surface area contributed by atoms with Gasteiger partial charge in [0.2, 0.25) is 0 Å². The van der Waals surface area contributed by atoms with Crippen LogP contribution in [0.25, 0.3) is 0 Å². The molecular formula is C21H27N5O2. The summed E-state index contributed by atoms with van der Waals surface area (Å²) < 4.78 is 0. The first-order valence-electron chi connectivity index (χ1n) is 10.1. The molecule has 6 atom stereocenters. The van der Waals surface area contributed by atoms with Gasteiger partial charge in [0.05, 0.1) is 5.60 Å². The molecule has 7 nitrogen and oxygen atoms in total. The minimum Gasteiger partial charge on any atom is -0.390 e. The number of hydrogen-bond acceptors (Lipinski definition) is 7. The van der Waals surface area contributed by atoms with Gasteiger partial charge in [-0.25, -0.2) is 9.97 Å². The molecule has 0 amide bonds. The van der Waals surface area contributed by atoms with Crippen molar-refractivity contribution in [2.24, 2.45) is 23.5 Å². The van der Waals surface area contributed by atoms with E-state index < -0.39 is 11.8 Å². The summed E-state index contributed by atoms with van der Waals surface area (Å²) in [7, 11) is 0. The Bertz CT molecular complexity index is 843. The summed E-state index contributed by atoms with van der Waals surface area (Å²) in [5.74, 6) is 2.92. The van der Waals surface area contributed by atoms with Gasteiger partial charge in [-0.05, 0) is 62.0 Å². The van der Waals surface area contributed by atoms with Gasteiger partial charge in [-0.3, -0.25) is 0 Å². The topological polar surface area (TPSA) is 116 Å². The molecule has 4 aliphatic rings. The maximum Gasteiger partial charge on any atom is 0.133 e. The maximum absolute atomic E-state index is 10.8. The Labute approximate surface area is 164 Å². The van der Waals surface area contributed by atoms with Gasteiger partial charge in [0.1, 0.15) is 17.9 Å². The highest BCUT2D eigenvalue weighted by molar-refractivity contribution is 5.62. The number of nitrogens with two attached hydrogens (primary N) is 1. The lowest BCUT2D eigenvalue weighted by Crippen LogP contribution is -2.59. The molecule has 6 N–H and O–H groups in total. The minimum atomic E-state index is -1.10. The lowest BCUT2D eigenvalue weighted by molar-refractivity contribution is -0.129. The number of aliphatic hydroxyl groups excluding tert-OH is 1. The van der Waals surface area contributed by atoms with Crippen molar-refractivity contribution in [2.75, 3.05) is 10.6 Å². The fourth-order valence-corrected chi connectivity index (χ4v) is 5.86.